The summed E-state index contributed by atoms with van der Waals surface area (Å²) in [4.78, 5) is 35.7. The van der Waals surface area contributed by atoms with Crippen molar-refractivity contribution in [3.05, 3.63) is 132 Å². The molecule has 0 bridgehead atoms. The average Bonchev–Trinajstić information content (AvgIpc) is 3.40. The second-order valence-corrected chi connectivity index (χ2v) is 12.3. The second kappa shape index (κ2) is 13.9. The normalized spacial score (nSPS) is 14.5. The Morgan fingerprint density at radius 1 is 0.958 bits per heavy atom. The fourth-order valence-corrected chi connectivity index (χ4v) is 7.15. The van der Waals surface area contributed by atoms with Crippen molar-refractivity contribution < 1.29 is 23.4 Å². The molecular weight excluding hydrogens is 629 g/mol. The molecule has 0 spiro atoms. The highest BCUT2D eigenvalue weighted by molar-refractivity contribution is 7.07. The summed E-state index contributed by atoms with van der Waals surface area (Å²) in [5.41, 5.74) is 2.56. The lowest BCUT2D eigenvalue weighted by molar-refractivity contribution is -0.127. The van der Waals surface area contributed by atoms with Crippen LogP contribution in [-0.4, -0.2) is 42.7 Å². The van der Waals surface area contributed by atoms with E-state index in [9.17, 15) is 14.0 Å². The minimum Gasteiger partial charge on any atom is -0.496 e. The van der Waals surface area contributed by atoms with Gasteiger partial charge in [0.2, 0.25) is 0 Å². The largest absolute Gasteiger partial charge is 0.496 e. The number of aromatic nitrogens is 1. The predicted octanol–water partition coefficient (Wildman–Crippen LogP) is 5.99. The number of ether oxygens (including phenoxy) is 3. The first kappa shape index (κ1) is 32.7. The van der Waals surface area contributed by atoms with Crippen LogP contribution < -0.4 is 29.1 Å². The Morgan fingerprint density at radius 3 is 2.40 bits per heavy atom. The number of thiazole rings is 1. The van der Waals surface area contributed by atoms with Gasteiger partial charge in [0.1, 0.15) is 24.2 Å². The van der Waals surface area contributed by atoms with Crippen LogP contribution in [0, 0.1) is 5.82 Å². The maximum atomic E-state index is 14.4. The van der Waals surface area contributed by atoms with Gasteiger partial charge < -0.3 is 19.1 Å². The number of allylic oxidation sites excluding steroid dienone is 1. The molecule has 0 saturated heterocycles. The lowest BCUT2D eigenvalue weighted by Crippen LogP contribution is -2.43. The SMILES string of the molecule is CCN(CC)C(=O)C1=C(C)N=c2s/c(=C/c3ccc(OCc4ccccc4F)c(OC)c3)c(=O)n2[C@H]1c1c(OC)ccc2ccccc12. The first-order chi connectivity index (χ1) is 23.3. The molecule has 0 saturated carbocycles. The van der Waals surface area contributed by atoms with Gasteiger partial charge in [0.25, 0.3) is 11.5 Å². The summed E-state index contributed by atoms with van der Waals surface area (Å²) in [5, 5.41) is 1.84. The van der Waals surface area contributed by atoms with E-state index in [1.807, 2.05) is 63.2 Å². The number of carbonyl (C=O) groups is 1. The number of fused-ring (bicyclic) bond motifs is 2. The van der Waals surface area contributed by atoms with E-state index in [0.717, 1.165) is 16.3 Å². The van der Waals surface area contributed by atoms with Crippen molar-refractivity contribution in [3.8, 4) is 17.2 Å². The van der Waals surface area contributed by atoms with E-state index >= 15 is 0 Å². The zero-order valence-electron chi connectivity index (χ0n) is 27.5. The van der Waals surface area contributed by atoms with E-state index in [1.54, 1.807) is 53.0 Å². The van der Waals surface area contributed by atoms with Crippen LogP contribution in [0.1, 0.15) is 43.5 Å². The molecule has 4 aromatic carbocycles. The number of carbonyl (C=O) groups excluding carboxylic acids is 1. The van der Waals surface area contributed by atoms with Crippen LogP contribution >= 0.6 is 11.3 Å². The first-order valence-corrected chi connectivity index (χ1v) is 16.5. The van der Waals surface area contributed by atoms with Crippen LogP contribution in [0.4, 0.5) is 4.39 Å². The zero-order valence-corrected chi connectivity index (χ0v) is 28.3. The Labute approximate surface area is 281 Å². The van der Waals surface area contributed by atoms with Crippen LogP contribution in [0.25, 0.3) is 16.8 Å². The minimum atomic E-state index is -0.777. The molecule has 1 aliphatic heterocycles. The number of likely N-dealkylation sites (N-methyl/N-ethyl adjacent to an activating group) is 1. The number of hydrogen-bond acceptors (Lipinski definition) is 7. The van der Waals surface area contributed by atoms with Crippen molar-refractivity contribution in [1.29, 1.82) is 0 Å². The van der Waals surface area contributed by atoms with Crippen LogP contribution in [0.2, 0.25) is 0 Å². The number of amides is 1. The highest BCUT2D eigenvalue weighted by atomic mass is 32.1. The number of rotatable bonds is 10. The Hall–Kier alpha value is -5.22. The quantitative estimate of drug-likeness (QED) is 0.183. The van der Waals surface area contributed by atoms with Crippen molar-refractivity contribution in [2.75, 3.05) is 27.3 Å². The standard InChI is InChI=1S/C38H36FN3O5S/c1-6-41(7-2)37(44)33-23(3)40-38-42(35(33)34-27-14-10-8-12-25(27)17-19-30(34)45-4)36(43)32(48-38)21-24-16-18-29(31(20-24)46-5)47-22-26-13-9-11-15-28(26)39/h8-21,35H,6-7,22H2,1-5H3/b32-21+/t35-/m1/s1. The number of benzene rings is 4. The van der Waals surface area contributed by atoms with Crippen LogP contribution in [-0.2, 0) is 11.4 Å². The summed E-state index contributed by atoms with van der Waals surface area (Å²) < 4.78 is 33.6. The van der Waals surface area contributed by atoms with Crippen molar-refractivity contribution in [2.45, 2.75) is 33.4 Å². The minimum absolute atomic E-state index is 0.0342. The molecule has 48 heavy (non-hydrogen) atoms. The molecule has 0 radical (unpaired) electrons. The van der Waals surface area contributed by atoms with Gasteiger partial charge in [-0.25, -0.2) is 9.38 Å². The summed E-state index contributed by atoms with van der Waals surface area (Å²) in [7, 11) is 3.12. The molecule has 0 fully saturated rings. The third-order valence-corrected chi connectivity index (χ3v) is 9.54. The molecule has 2 heterocycles. The molecule has 1 amide bonds. The average molecular weight is 666 g/mol. The van der Waals surface area contributed by atoms with Crippen molar-refractivity contribution >= 4 is 34.1 Å². The highest BCUT2D eigenvalue weighted by Gasteiger charge is 2.36. The molecule has 8 nitrogen and oxygen atoms in total. The Kier molecular flexibility index (Phi) is 9.45. The summed E-state index contributed by atoms with van der Waals surface area (Å²) in [6.45, 7) is 6.75. The molecule has 6 rings (SSSR count). The van der Waals surface area contributed by atoms with E-state index in [1.165, 1.54) is 24.5 Å². The third-order valence-electron chi connectivity index (χ3n) is 8.55. The number of nitrogens with zero attached hydrogens (tertiary/aromatic N) is 3. The number of hydrogen-bond donors (Lipinski definition) is 0. The molecule has 5 aromatic rings. The van der Waals surface area contributed by atoms with Crippen molar-refractivity contribution in [3.63, 3.8) is 0 Å². The van der Waals surface area contributed by atoms with Gasteiger partial charge in [0, 0.05) is 24.2 Å². The summed E-state index contributed by atoms with van der Waals surface area (Å²) in [6.07, 6.45) is 1.77. The van der Waals surface area contributed by atoms with E-state index in [-0.39, 0.29) is 23.9 Å². The molecule has 0 aliphatic carbocycles. The van der Waals surface area contributed by atoms with Gasteiger partial charge in [0.05, 0.1) is 30.0 Å². The Bertz CT molecular complexity index is 2240. The monoisotopic (exact) mass is 665 g/mol. The highest BCUT2D eigenvalue weighted by Crippen LogP contribution is 2.40. The van der Waals surface area contributed by atoms with Crippen molar-refractivity contribution in [1.82, 2.24) is 9.47 Å². The van der Waals surface area contributed by atoms with Gasteiger partial charge >= 0.3 is 0 Å². The molecule has 0 unspecified atom stereocenters. The zero-order chi connectivity index (χ0) is 33.9. The molecule has 1 aliphatic rings. The third kappa shape index (κ3) is 5.99. The summed E-state index contributed by atoms with van der Waals surface area (Å²) >= 11 is 1.25. The molecule has 1 aromatic heterocycles. The van der Waals surface area contributed by atoms with Crippen molar-refractivity contribution in [2.24, 2.45) is 4.99 Å². The first-order valence-electron chi connectivity index (χ1n) is 15.7. The Morgan fingerprint density at radius 2 is 1.67 bits per heavy atom. The fraction of sp³-hybridized carbons (Fsp3) is 0.237. The predicted molar refractivity (Wildman–Crippen MR) is 186 cm³/mol. The molecule has 246 valence electrons. The maximum Gasteiger partial charge on any atom is 0.271 e. The van der Waals surface area contributed by atoms with Gasteiger partial charge in [-0.1, -0.05) is 65.9 Å². The van der Waals surface area contributed by atoms with Crippen LogP contribution in [0.3, 0.4) is 0 Å². The number of methoxy groups -OCH3 is 2. The summed E-state index contributed by atoms with van der Waals surface area (Å²) in [5.74, 6) is 0.932. The fourth-order valence-electron chi connectivity index (χ4n) is 6.10. The Balaban J connectivity index is 1.49. The van der Waals surface area contributed by atoms with E-state index < -0.39 is 6.04 Å². The molecule has 1 atom stereocenters. The second-order valence-electron chi connectivity index (χ2n) is 11.3. The molecule has 0 N–H and O–H groups in total. The van der Waals surface area contributed by atoms with E-state index in [2.05, 4.69) is 0 Å². The topological polar surface area (TPSA) is 82.4 Å². The lowest BCUT2D eigenvalue weighted by atomic mass is 9.90. The maximum absolute atomic E-state index is 14.4. The van der Waals surface area contributed by atoms with Gasteiger partial charge in [-0.3, -0.25) is 14.2 Å². The van der Waals surface area contributed by atoms with E-state index in [0.29, 0.717) is 62.1 Å². The van der Waals surface area contributed by atoms with Gasteiger partial charge in [-0.2, -0.15) is 0 Å². The van der Waals surface area contributed by atoms with Gasteiger partial charge in [0.15, 0.2) is 16.3 Å². The van der Waals surface area contributed by atoms with Crippen LogP contribution in [0.5, 0.6) is 17.2 Å². The van der Waals surface area contributed by atoms with Gasteiger partial charge in [-0.15, -0.1) is 0 Å². The summed E-state index contributed by atoms with van der Waals surface area (Å²) in [6, 6.07) is 22.7. The number of halogens is 1. The lowest BCUT2D eigenvalue weighted by Gasteiger charge is -2.30. The molecular formula is C38H36FN3O5S. The van der Waals surface area contributed by atoms with Crippen LogP contribution in [0.15, 0.2) is 99.9 Å². The smallest absolute Gasteiger partial charge is 0.271 e. The molecule has 10 heteroatoms. The van der Waals surface area contributed by atoms with E-state index in [4.69, 9.17) is 19.2 Å². The van der Waals surface area contributed by atoms with Gasteiger partial charge in [-0.05, 0) is 67.4 Å².